The van der Waals surface area contributed by atoms with E-state index in [-0.39, 0.29) is 5.82 Å². The Morgan fingerprint density at radius 1 is 1.22 bits per heavy atom. The molecule has 2 aromatic rings. The van der Waals surface area contributed by atoms with E-state index in [0.29, 0.717) is 15.7 Å². The molecule has 0 aliphatic heterocycles. The Bertz CT molecular complexity index is 632. The number of hydrogen-bond donors (Lipinski definition) is 1. The minimum Gasteiger partial charge on any atom is -0.353 e. The van der Waals surface area contributed by atoms with Gasteiger partial charge in [-0.25, -0.2) is 4.39 Å². The van der Waals surface area contributed by atoms with Crippen molar-refractivity contribution in [1.29, 1.82) is 5.26 Å². The van der Waals surface area contributed by atoms with Gasteiger partial charge >= 0.3 is 0 Å². The van der Waals surface area contributed by atoms with Crippen molar-refractivity contribution in [2.24, 2.45) is 0 Å². The maximum Gasteiger partial charge on any atom is 0.147 e. The highest BCUT2D eigenvalue weighted by Gasteiger charge is 2.04. The van der Waals surface area contributed by atoms with Crippen LogP contribution in [-0.2, 0) is 0 Å². The maximum atomic E-state index is 13.6. The van der Waals surface area contributed by atoms with Crippen LogP contribution < -0.4 is 5.32 Å². The number of hydrogen-bond acceptors (Lipinski definition) is 2. The van der Waals surface area contributed by atoms with E-state index < -0.39 is 0 Å². The van der Waals surface area contributed by atoms with Gasteiger partial charge in [-0.2, -0.15) is 5.26 Å². The van der Waals surface area contributed by atoms with Gasteiger partial charge in [0.2, 0.25) is 0 Å². The van der Waals surface area contributed by atoms with Crippen molar-refractivity contribution in [3.05, 3.63) is 57.8 Å². The van der Waals surface area contributed by atoms with Crippen LogP contribution in [0.5, 0.6) is 0 Å². The Balaban J connectivity index is 2.29. The van der Waals surface area contributed by atoms with Crippen molar-refractivity contribution in [2.75, 3.05) is 5.32 Å². The highest BCUT2D eigenvalue weighted by molar-refractivity contribution is 9.10. The molecule has 0 aliphatic carbocycles. The molecule has 0 atom stereocenters. The molecular formula is C14H10BrFN2. The lowest BCUT2D eigenvalue weighted by Crippen LogP contribution is -1.95. The maximum absolute atomic E-state index is 13.6. The number of nitrogens with one attached hydrogen (secondary N) is 1. The third-order valence-corrected chi connectivity index (χ3v) is 3.05. The quantitative estimate of drug-likeness (QED) is 0.886. The molecule has 0 amide bonds. The van der Waals surface area contributed by atoms with E-state index in [0.717, 1.165) is 11.3 Å². The molecular weight excluding hydrogens is 295 g/mol. The predicted octanol–water partition coefficient (Wildman–Crippen LogP) is 4.51. The summed E-state index contributed by atoms with van der Waals surface area (Å²) < 4.78 is 14.3. The molecule has 0 aromatic heterocycles. The number of rotatable bonds is 2. The third kappa shape index (κ3) is 2.69. The van der Waals surface area contributed by atoms with Crippen LogP contribution in [0.1, 0.15) is 11.1 Å². The van der Waals surface area contributed by atoms with Gasteiger partial charge in [-0.3, -0.25) is 0 Å². The fraction of sp³-hybridized carbons (Fsp3) is 0.0714. The second-order valence-electron chi connectivity index (χ2n) is 3.89. The average Bonchev–Trinajstić information content (AvgIpc) is 2.33. The van der Waals surface area contributed by atoms with Gasteiger partial charge in [-0.1, -0.05) is 15.9 Å². The van der Waals surface area contributed by atoms with Gasteiger partial charge < -0.3 is 5.32 Å². The van der Waals surface area contributed by atoms with Crippen molar-refractivity contribution >= 4 is 27.3 Å². The second kappa shape index (κ2) is 5.19. The monoisotopic (exact) mass is 304 g/mol. The van der Waals surface area contributed by atoms with E-state index in [9.17, 15) is 4.39 Å². The third-order valence-electron chi connectivity index (χ3n) is 2.56. The Kier molecular flexibility index (Phi) is 3.63. The number of nitrogens with zero attached hydrogens (tertiary/aromatic N) is 1. The first-order valence-electron chi connectivity index (χ1n) is 5.33. The summed E-state index contributed by atoms with van der Waals surface area (Å²) in [6.45, 7) is 1.85. The molecule has 4 heteroatoms. The summed E-state index contributed by atoms with van der Waals surface area (Å²) in [7, 11) is 0. The van der Waals surface area contributed by atoms with Crippen LogP contribution in [0, 0.1) is 24.1 Å². The van der Waals surface area contributed by atoms with Gasteiger partial charge in [0.25, 0.3) is 0 Å². The first kappa shape index (κ1) is 12.6. The normalized spacial score (nSPS) is 9.89. The molecule has 0 bridgehead atoms. The Labute approximate surface area is 113 Å². The van der Waals surface area contributed by atoms with Crippen LogP contribution >= 0.6 is 15.9 Å². The summed E-state index contributed by atoms with van der Waals surface area (Å²) in [4.78, 5) is 0. The minimum atomic E-state index is -0.327. The summed E-state index contributed by atoms with van der Waals surface area (Å²) in [6, 6.07) is 12.2. The lowest BCUT2D eigenvalue weighted by molar-refractivity contribution is 0.631. The van der Waals surface area contributed by atoms with Gasteiger partial charge in [-0.15, -0.1) is 0 Å². The van der Waals surface area contributed by atoms with Crippen molar-refractivity contribution in [3.8, 4) is 6.07 Å². The molecule has 2 rings (SSSR count). The first-order chi connectivity index (χ1) is 8.60. The van der Waals surface area contributed by atoms with Crippen molar-refractivity contribution in [3.63, 3.8) is 0 Å². The molecule has 0 fully saturated rings. The fourth-order valence-corrected chi connectivity index (χ4v) is 1.95. The molecule has 90 valence electrons. The van der Waals surface area contributed by atoms with Crippen molar-refractivity contribution in [1.82, 2.24) is 0 Å². The van der Waals surface area contributed by atoms with Gasteiger partial charge in [0.1, 0.15) is 5.82 Å². The van der Waals surface area contributed by atoms with Crippen LogP contribution in [0.3, 0.4) is 0 Å². The fourth-order valence-electron chi connectivity index (χ4n) is 1.61. The van der Waals surface area contributed by atoms with Gasteiger partial charge in [0, 0.05) is 10.2 Å². The highest BCUT2D eigenvalue weighted by atomic mass is 79.9. The summed E-state index contributed by atoms with van der Waals surface area (Å²) >= 11 is 3.21. The SMILES string of the molecule is Cc1cc(Nc2ccc(Br)cc2F)ccc1C#N. The number of benzene rings is 2. The highest BCUT2D eigenvalue weighted by Crippen LogP contribution is 2.24. The number of nitriles is 1. The van der Waals surface area contributed by atoms with Gasteiger partial charge in [0.15, 0.2) is 0 Å². The van der Waals surface area contributed by atoms with Crippen LogP contribution in [0.15, 0.2) is 40.9 Å². The number of aryl methyl sites for hydroxylation is 1. The van der Waals surface area contributed by atoms with E-state index in [1.165, 1.54) is 6.07 Å². The van der Waals surface area contributed by atoms with Gasteiger partial charge in [-0.05, 0) is 48.9 Å². The zero-order valence-electron chi connectivity index (χ0n) is 9.67. The average molecular weight is 305 g/mol. The molecule has 0 aliphatic rings. The lowest BCUT2D eigenvalue weighted by Gasteiger charge is -2.09. The molecule has 0 saturated carbocycles. The molecule has 2 nitrogen and oxygen atoms in total. The predicted molar refractivity (Wildman–Crippen MR) is 73.3 cm³/mol. The van der Waals surface area contributed by atoms with Crippen molar-refractivity contribution < 1.29 is 4.39 Å². The molecule has 18 heavy (non-hydrogen) atoms. The number of anilines is 2. The Morgan fingerprint density at radius 3 is 2.61 bits per heavy atom. The molecule has 0 heterocycles. The number of halogens is 2. The van der Waals surface area contributed by atoms with Crippen LogP contribution in [0.2, 0.25) is 0 Å². The smallest absolute Gasteiger partial charge is 0.147 e. The first-order valence-corrected chi connectivity index (χ1v) is 6.12. The Morgan fingerprint density at radius 2 is 2.00 bits per heavy atom. The second-order valence-corrected chi connectivity index (χ2v) is 4.81. The van der Waals surface area contributed by atoms with E-state index in [2.05, 4.69) is 27.3 Å². The zero-order valence-corrected chi connectivity index (χ0v) is 11.3. The van der Waals surface area contributed by atoms with E-state index in [4.69, 9.17) is 5.26 Å². The minimum absolute atomic E-state index is 0.327. The lowest BCUT2D eigenvalue weighted by atomic mass is 10.1. The molecule has 0 unspecified atom stereocenters. The largest absolute Gasteiger partial charge is 0.353 e. The summed E-state index contributed by atoms with van der Waals surface area (Å²) in [5.74, 6) is -0.327. The van der Waals surface area contributed by atoms with E-state index in [1.807, 2.05) is 13.0 Å². The molecule has 0 spiro atoms. The van der Waals surface area contributed by atoms with Crippen LogP contribution in [0.25, 0.3) is 0 Å². The van der Waals surface area contributed by atoms with E-state index >= 15 is 0 Å². The summed E-state index contributed by atoms with van der Waals surface area (Å²) in [6.07, 6.45) is 0. The standard InChI is InChI=1S/C14H10BrFN2/c1-9-6-12(4-2-10(9)8-17)18-14-5-3-11(15)7-13(14)16/h2-7,18H,1H3. The summed E-state index contributed by atoms with van der Waals surface area (Å²) in [5, 5.41) is 11.8. The molecule has 0 saturated heterocycles. The van der Waals surface area contributed by atoms with Crippen LogP contribution in [-0.4, -0.2) is 0 Å². The van der Waals surface area contributed by atoms with Crippen molar-refractivity contribution in [2.45, 2.75) is 6.92 Å². The Hall–Kier alpha value is -1.86. The summed E-state index contributed by atoms with van der Waals surface area (Å²) in [5.41, 5.74) is 2.65. The topological polar surface area (TPSA) is 35.8 Å². The molecule has 0 radical (unpaired) electrons. The van der Waals surface area contributed by atoms with Gasteiger partial charge in [0.05, 0.1) is 17.3 Å². The van der Waals surface area contributed by atoms with E-state index in [1.54, 1.807) is 24.3 Å². The molecule has 1 N–H and O–H groups in total. The zero-order chi connectivity index (χ0) is 13.1. The molecule has 2 aromatic carbocycles. The van der Waals surface area contributed by atoms with Crippen LogP contribution in [0.4, 0.5) is 15.8 Å².